The Bertz CT molecular complexity index is 500. The number of rotatable bonds is 2. The summed E-state index contributed by atoms with van der Waals surface area (Å²) < 4.78 is 11.2. The lowest BCUT2D eigenvalue weighted by molar-refractivity contribution is 0.00456. The van der Waals surface area contributed by atoms with E-state index in [4.69, 9.17) is 9.15 Å². The first-order chi connectivity index (χ1) is 10.6. The Kier molecular flexibility index (Phi) is 4.54. The first-order valence-electron chi connectivity index (χ1n) is 8.24. The maximum Gasteiger partial charge on any atom is 0.289 e. The Morgan fingerprint density at radius 1 is 1.32 bits per heavy atom. The van der Waals surface area contributed by atoms with E-state index in [0.717, 1.165) is 52.2 Å². The van der Waals surface area contributed by atoms with E-state index in [1.807, 2.05) is 4.90 Å². The number of ether oxygens (including phenoxy) is 1. The molecule has 122 valence electrons. The Labute approximate surface area is 132 Å². The van der Waals surface area contributed by atoms with Gasteiger partial charge in [0.2, 0.25) is 0 Å². The minimum absolute atomic E-state index is 0.00409. The fourth-order valence-electron chi connectivity index (χ4n) is 3.65. The second-order valence-corrected chi connectivity index (χ2v) is 6.92. The van der Waals surface area contributed by atoms with Gasteiger partial charge in [-0.2, -0.15) is 0 Å². The van der Waals surface area contributed by atoms with Gasteiger partial charge in [-0.05, 0) is 38.8 Å². The molecule has 0 saturated carbocycles. The summed E-state index contributed by atoms with van der Waals surface area (Å²) in [6.07, 6.45) is 3.71. The predicted octanol–water partition coefficient (Wildman–Crippen LogP) is 2.24. The van der Waals surface area contributed by atoms with Crippen LogP contribution >= 0.6 is 0 Å². The van der Waals surface area contributed by atoms with Gasteiger partial charge in [-0.15, -0.1) is 0 Å². The summed E-state index contributed by atoms with van der Waals surface area (Å²) in [5, 5.41) is 0. The van der Waals surface area contributed by atoms with E-state index in [2.05, 4.69) is 18.7 Å². The molecule has 0 bridgehead atoms. The van der Waals surface area contributed by atoms with Crippen LogP contribution in [0.25, 0.3) is 0 Å². The molecular weight excluding hydrogens is 280 g/mol. The highest BCUT2D eigenvalue weighted by atomic mass is 16.5. The van der Waals surface area contributed by atoms with Gasteiger partial charge >= 0.3 is 0 Å². The molecule has 2 aliphatic rings. The van der Waals surface area contributed by atoms with Gasteiger partial charge < -0.3 is 14.1 Å². The molecule has 2 aliphatic heterocycles. The van der Waals surface area contributed by atoms with Crippen molar-refractivity contribution in [2.45, 2.75) is 32.7 Å². The maximum atomic E-state index is 12.6. The Morgan fingerprint density at radius 2 is 2.18 bits per heavy atom. The smallest absolute Gasteiger partial charge is 0.289 e. The molecule has 1 aromatic heterocycles. The molecule has 1 aromatic rings. The summed E-state index contributed by atoms with van der Waals surface area (Å²) in [6.45, 7) is 9.54. The van der Waals surface area contributed by atoms with Crippen LogP contribution in [0.5, 0.6) is 0 Å². The average Bonchev–Trinajstić information content (AvgIpc) is 2.97. The van der Waals surface area contributed by atoms with E-state index >= 15 is 0 Å². The van der Waals surface area contributed by atoms with E-state index < -0.39 is 0 Å². The van der Waals surface area contributed by atoms with E-state index in [1.165, 1.54) is 0 Å². The largest absolute Gasteiger partial charge is 0.459 e. The van der Waals surface area contributed by atoms with Crippen molar-refractivity contribution < 1.29 is 13.9 Å². The normalized spacial score (nSPS) is 27.3. The van der Waals surface area contributed by atoms with Gasteiger partial charge in [0, 0.05) is 37.6 Å². The van der Waals surface area contributed by atoms with Crippen LogP contribution in [0, 0.1) is 5.41 Å². The molecule has 3 rings (SSSR count). The highest BCUT2D eigenvalue weighted by Crippen LogP contribution is 2.34. The van der Waals surface area contributed by atoms with Gasteiger partial charge in [0.25, 0.3) is 5.91 Å². The molecule has 5 heteroatoms. The third kappa shape index (κ3) is 3.20. The molecular formula is C17H26N2O3. The standard InChI is InChI=1S/C17H26N2O3/c1-14(2)18-8-10-21-13-17(11-18)6-4-7-19(12-17)16(20)15-5-3-9-22-15/h3,5,9,14H,4,6-8,10-13H2,1-2H3. The first-order valence-corrected chi connectivity index (χ1v) is 8.24. The quantitative estimate of drug-likeness (QED) is 0.841. The summed E-state index contributed by atoms with van der Waals surface area (Å²) in [6, 6.07) is 4.02. The van der Waals surface area contributed by atoms with Crippen LogP contribution in [0.2, 0.25) is 0 Å². The van der Waals surface area contributed by atoms with E-state index in [1.54, 1.807) is 18.4 Å². The molecule has 0 aromatic carbocycles. The van der Waals surface area contributed by atoms with Crippen molar-refractivity contribution in [3.63, 3.8) is 0 Å². The average molecular weight is 306 g/mol. The van der Waals surface area contributed by atoms with Crippen LogP contribution < -0.4 is 0 Å². The zero-order valence-electron chi connectivity index (χ0n) is 13.6. The number of hydrogen-bond donors (Lipinski definition) is 0. The number of piperidine rings is 1. The number of nitrogens with zero attached hydrogens (tertiary/aromatic N) is 2. The summed E-state index contributed by atoms with van der Waals surface area (Å²) >= 11 is 0. The second kappa shape index (κ2) is 6.42. The minimum Gasteiger partial charge on any atom is -0.459 e. The first kappa shape index (κ1) is 15.6. The molecule has 0 aliphatic carbocycles. The highest BCUT2D eigenvalue weighted by molar-refractivity contribution is 5.91. The Morgan fingerprint density at radius 3 is 2.91 bits per heavy atom. The molecule has 1 unspecified atom stereocenters. The number of furan rings is 1. The molecule has 0 N–H and O–H groups in total. The topological polar surface area (TPSA) is 45.9 Å². The van der Waals surface area contributed by atoms with Crippen molar-refractivity contribution in [1.29, 1.82) is 0 Å². The van der Waals surface area contributed by atoms with Crippen LogP contribution in [0.4, 0.5) is 0 Å². The van der Waals surface area contributed by atoms with Crippen molar-refractivity contribution >= 4 is 5.91 Å². The van der Waals surface area contributed by atoms with Crippen molar-refractivity contribution in [1.82, 2.24) is 9.80 Å². The molecule has 1 spiro atoms. The number of carbonyl (C=O) groups is 1. The van der Waals surface area contributed by atoms with Crippen molar-refractivity contribution in [3.8, 4) is 0 Å². The Balaban J connectivity index is 1.74. The van der Waals surface area contributed by atoms with E-state index in [0.29, 0.717) is 11.8 Å². The summed E-state index contributed by atoms with van der Waals surface area (Å²) in [5.74, 6) is 0.441. The lowest BCUT2D eigenvalue weighted by atomic mass is 9.79. The van der Waals surface area contributed by atoms with Gasteiger partial charge in [-0.1, -0.05) is 0 Å². The minimum atomic E-state index is 0.00409. The SMILES string of the molecule is CC(C)N1CCOCC2(CCCN(C(=O)c3ccco3)C2)C1. The summed E-state index contributed by atoms with van der Waals surface area (Å²) in [5.41, 5.74) is 0.0568. The third-order valence-electron chi connectivity index (χ3n) is 4.88. The molecule has 2 fully saturated rings. The molecule has 2 saturated heterocycles. The fourth-order valence-corrected chi connectivity index (χ4v) is 3.65. The van der Waals surface area contributed by atoms with Crippen LogP contribution in [0.1, 0.15) is 37.2 Å². The zero-order valence-corrected chi connectivity index (χ0v) is 13.6. The predicted molar refractivity (Wildman–Crippen MR) is 83.8 cm³/mol. The number of likely N-dealkylation sites (tertiary alicyclic amines) is 1. The number of hydrogen-bond acceptors (Lipinski definition) is 4. The van der Waals surface area contributed by atoms with Crippen molar-refractivity contribution in [2.75, 3.05) is 39.4 Å². The molecule has 0 radical (unpaired) electrons. The Hall–Kier alpha value is -1.33. The van der Waals surface area contributed by atoms with Crippen molar-refractivity contribution in [2.24, 2.45) is 5.41 Å². The molecule has 3 heterocycles. The van der Waals surface area contributed by atoms with E-state index in [-0.39, 0.29) is 11.3 Å². The summed E-state index contributed by atoms with van der Waals surface area (Å²) in [4.78, 5) is 17.0. The fraction of sp³-hybridized carbons (Fsp3) is 0.706. The lowest BCUT2D eigenvalue weighted by Crippen LogP contribution is -2.53. The molecule has 1 amide bonds. The van der Waals surface area contributed by atoms with Crippen LogP contribution in [0.15, 0.2) is 22.8 Å². The maximum absolute atomic E-state index is 12.6. The molecule has 5 nitrogen and oxygen atoms in total. The second-order valence-electron chi connectivity index (χ2n) is 6.92. The van der Waals surface area contributed by atoms with E-state index in [9.17, 15) is 4.79 Å². The zero-order chi connectivity index (χ0) is 15.6. The number of carbonyl (C=O) groups excluding carboxylic acids is 1. The van der Waals surface area contributed by atoms with Crippen LogP contribution in [-0.2, 0) is 4.74 Å². The van der Waals surface area contributed by atoms with Gasteiger partial charge in [-0.25, -0.2) is 0 Å². The van der Waals surface area contributed by atoms with Gasteiger partial charge in [0.05, 0.1) is 19.5 Å². The number of amides is 1. The van der Waals surface area contributed by atoms with Crippen LogP contribution in [0.3, 0.4) is 0 Å². The van der Waals surface area contributed by atoms with Gasteiger partial charge in [0.1, 0.15) is 0 Å². The van der Waals surface area contributed by atoms with Gasteiger partial charge in [-0.3, -0.25) is 9.69 Å². The third-order valence-corrected chi connectivity index (χ3v) is 4.88. The molecule has 1 atom stereocenters. The van der Waals surface area contributed by atoms with Crippen LogP contribution in [-0.4, -0.2) is 61.1 Å². The monoisotopic (exact) mass is 306 g/mol. The lowest BCUT2D eigenvalue weighted by Gasteiger charge is -2.44. The highest BCUT2D eigenvalue weighted by Gasteiger charge is 2.41. The summed E-state index contributed by atoms with van der Waals surface area (Å²) in [7, 11) is 0. The van der Waals surface area contributed by atoms with Gasteiger partial charge in [0.15, 0.2) is 5.76 Å². The van der Waals surface area contributed by atoms with Crippen molar-refractivity contribution in [3.05, 3.63) is 24.2 Å². The molecule has 22 heavy (non-hydrogen) atoms.